The van der Waals surface area contributed by atoms with Crippen molar-refractivity contribution in [3.8, 4) is 0 Å². The van der Waals surface area contributed by atoms with Crippen molar-refractivity contribution in [3.63, 3.8) is 0 Å². The Morgan fingerprint density at radius 3 is 2.71 bits per heavy atom. The largest absolute Gasteiger partial charge is 0.336 e. The minimum atomic E-state index is -0.0417. The molecule has 6 heteroatoms. The Morgan fingerprint density at radius 2 is 2.24 bits per heavy atom. The van der Waals surface area contributed by atoms with Crippen molar-refractivity contribution in [2.24, 2.45) is 14.1 Å². The fraction of sp³-hybridized carbons (Fsp3) is 0.455. The first kappa shape index (κ1) is 12.1. The third-order valence-electron chi connectivity index (χ3n) is 2.74. The van der Waals surface area contributed by atoms with Crippen molar-refractivity contribution in [3.05, 3.63) is 35.1 Å². The number of imidazole rings is 1. The Hall–Kier alpha value is -1.33. The lowest BCUT2D eigenvalue weighted by atomic mass is 10.2. The van der Waals surface area contributed by atoms with Gasteiger partial charge in [-0.15, -0.1) is 0 Å². The lowest BCUT2D eigenvalue weighted by molar-refractivity contribution is 0.535. The third-order valence-corrected chi connectivity index (χ3v) is 3.03. The van der Waals surface area contributed by atoms with Crippen LogP contribution in [0.5, 0.6) is 0 Å². The Morgan fingerprint density at radius 1 is 1.47 bits per heavy atom. The van der Waals surface area contributed by atoms with Crippen LogP contribution in [-0.2, 0) is 14.1 Å². The van der Waals surface area contributed by atoms with E-state index in [1.807, 2.05) is 24.9 Å². The zero-order valence-corrected chi connectivity index (χ0v) is 10.9. The molecule has 2 heterocycles. The van der Waals surface area contributed by atoms with Crippen molar-refractivity contribution >= 4 is 11.6 Å². The van der Waals surface area contributed by atoms with Crippen molar-refractivity contribution in [1.82, 2.24) is 24.6 Å². The molecule has 1 N–H and O–H groups in total. The highest BCUT2D eigenvalue weighted by molar-refractivity contribution is 6.31. The highest BCUT2D eigenvalue weighted by Gasteiger charge is 2.23. The summed E-state index contributed by atoms with van der Waals surface area (Å²) < 4.78 is 3.76. The second kappa shape index (κ2) is 4.89. The van der Waals surface area contributed by atoms with Gasteiger partial charge >= 0.3 is 0 Å². The van der Waals surface area contributed by atoms with Crippen LogP contribution >= 0.6 is 11.6 Å². The molecule has 0 aromatic carbocycles. The molecule has 0 amide bonds. The van der Waals surface area contributed by atoms with Gasteiger partial charge in [0.2, 0.25) is 0 Å². The first-order valence-corrected chi connectivity index (χ1v) is 5.91. The molecule has 0 aliphatic carbocycles. The fourth-order valence-electron chi connectivity index (χ4n) is 1.91. The Balaban J connectivity index is 2.46. The van der Waals surface area contributed by atoms with E-state index in [9.17, 15) is 0 Å². The molecule has 0 bridgehead atoms. The van der Waals surface area contributed by atoms with Crippen molar-refractivity contribution in [2.45, 2.75) is 13.0 Å². The number of aryl methyl sites for hydroxylation is 2. The summed E-state index contributed by atoms with van der Waals surface area (Å²) in [5.74, 6) is 0.928. The van der Waals surface area contributed by atoms with Gasteiger partial charge in [0, 0.05) is 26.5 Å². The summed E-state index contributed by atoms with van der Waals surface area (Å²) in [7, 11) is 3.85. The average Bonchev–Trinajstić information content (AvgIpc) is 2.84. The molecular weight excluding hydrogens is 238 g/mol. The maximum Gasteiger partial charge on any atom is 0.131 e. The first-order valence-electron chi connectivity index (χ1n) is 5.53. The van der Waals surface area contributed by atoms with Crippen LogP contribution in [0.2, 0.25) is 5.02 Å². The quantitative estimate of drug-likeness (QED) is 0.899. The van der Waals surface area contributed by atoms with Crippen LogP contribution in [-0.4, -0.2) is 25.9 Å². The summed E-state index contributed by atoms with van der Waals surface area (Å²) in [6.07, 6.45) is 5.36. The highest BCUT2D eigenvalue weighted by Crippen LogP contribution is 2.26. The summed E-state index contributed by atoms with van der Waals surface area (Å²) in [6.45, 7) is 2.89. The standard InChI is InChI=1S/C11H16ClN5/c1-4-13-9(11-14-5-6-16(11)2)10-8(12)7-15-17(10)3/h5-7,9,13H,4H2,1-3H3. The molecule has 0 spiro atoms. The summed E-state index contributed by atoms with van der Waals surface area (Å²) in [5, 5.41) is 8.20. The number of rotatable bonds is 4. The van der Waals surface area contributed by atoms with Crippen molar-refractivity contribution in [1.29, 1.82) is 0 Å². The summed E-state index contributed by atoms with van der Waals surface area (Å²) in [4.78, 5) is 4.37. The van der Waals surface area contributed by atoms with Crippen molar-refractivity contribution in [2.75, 3.05) is 6.54 Å². The monoisotopic (exact) mass is 253 g/mol. The number of hydrogen-bond donors (Lipinski definition) is 1. The smallest absolute Gasteiger partial charge is 0.131 e. The lowest BCUT2D eigenvalue weighted by Gasteiger charge is -2.18. The van der Waals surface area contributed by atoms with Gasteiger partial charge < -0.3 is 9.88 Å². The topological polar surface area (TPSA) is 47.7 Å². The van der Waals surface area contributed by atoms with Gasteiger partial charge in [0.05, 0.1) is 16.9 Å². The molecule has 0 saturated heterocycles. The van der Waals surface area contributed by atoms with Gasteiger partial charge in [0.1, 0.15) is 11.9 Å². The van der Waals surface area contributed by atoms with E-state index in [0.717, 1.165) is 18.1 Å². The van der Waals surface area contributed by atoms with E-state index in [1.54, 1.807) is 17.1 Å². The second-order valence-electron chi connectivity index (χ2n) is 3.89. The highest BCUT2D eigenvalue weighted by atomic mass is 35.5. The summed E-state index contributed by atoms with van der Waals surface area (Å²) >= 11 is 6.18. The predicted octanol–water partition coefficient (Wildman–Crippen LogP) is 1.51. The molecule has 2 rings (SSSR count). The molecular formula is C11H16ClN5. The third kappa shape index (κ3) is 2.21. The minimum Gasteiger partial charge on any atom is -0.336 e. The summed E-state index contributed by atoms with van der Waals surface area (Å²) in [6, 6.07) is -0.0417. The van der Waals surface area contributed by atoms with Crippen LogP contribution in [0, 0.1) is 0 Å². The number of hydrogen-bond acceptors (Lipinski definition) is 3. The lowest BCUT2D eigenvalue weighted by Crippen LogP contribution is -2.27. The SMILES string of the molecule is CCNC(c1nccn1C)c1c(Cl)cnn1C. The van der Waals surface area contributed by atoms with Gasteiger partial charge in [-0.05, 0) is 6.54 Å². The van der Waals surface area contributed by atoms with E-state index in [1.165, 1.54) is 0 Å². The van der Waals surface area contributed by atoms with Crippen LogP contribution in [0.25, 0.3) is 0 Å². The molecule has 92 valence electrons. The van der Waals surface area contributed by atoms with Crippen LogP contribution in [0.1, 0.15) is 24.5 Å². The van der Waals surface area contributed by atoms with Gasteiger partial charge in [-0.3, -0.25) is 4.68 Å². The molecule has 17 heavy (non-hydrogen) atoms. The molecule has 2 aromatic rings. The molecule has 1 unspecified atom stereocenters. The number of nitrogens with zero attached hydrogens (tertiary/aromatic N) is 4. The number of halogens is 1. The van der Waals surface area contributed by atoms with Crippen molar-refractivity contribution < 1.29 is 0 Å². The van der Waals surface area contributed by atoms with E-state index in [-0.39, 0.29) is 6.04 Å². The zero-order chi connectivity index (χ0) is 12.4. The Kier molecular flexibility index (Phi) is 3.49. The van der Waals surface area contributed by atoms with E-state index >= 15 is 0 Å². The molecule has 0 fully saturated rings. The van der Waals surface area contributed by atoms with E-state index in [2.05, 4.69) is 22.3 Å². The first-order chi connectivity index (χ1) is 8.15. The molecule has 5 nitrogen and oxygen atoms in total. The molecule has 0 saturated carbocycles. The number of aromatic nitrogens is 4. The molecule has 0 aliphatic rings. The van der Waals surface area contributed by atoms with Gasteiger partial charge in [-0.25, -0.2) is 4.98 Å². The molecule has 1 atom stereocenters. The van der Waals surface area contributed by atoms with Crippen LogP contribution in [0.4, 0.5) is 0 Å². The molecule has 0 radical (unpaired) electrons. The van der Waals surface area contributed by atoms with Crippen LogP contribution < -0.4 is 5.32 Å². The maximum atomic E-state index is 6.18. The maximum absolute atomic E-state index is 6.18. The molecule has 0 aliphatic heterocycles. The second-order valence-corrected chi connectivity index (χ2v) is 4.30. The summed E-state index contributed by atoms with van der Waals surface area (Å²) in [5.41, 5.74) is 0.933. The number of nitrogens with one attached hydrogen (secondary N) is 1. The van der Waals surface area contributed by atoms with Gasteiger partial charge in [0.25, 0.3) is 0 Å². The van der Waals surface area contributed by atoms with Crippen LogP contribution in [0.3, 0.4) is 0 Å². The van der Waals surface area contributed by atoms with Gasteiger partial charge in [-0.1, -0.05) is 18.5 Å². The van der Waals surface area contributed by atoms with Gasteiger partial charge in [0.15, 0.2) is 0 Å². The Bertz CT molecular complexity index is 482. The molecule has 2 aromatic heterocycles. The predicted molar refractivity (Wildman–Crippen MR) is 66.9 cm³/mol. The average molecular weight is 254 g/mol. The minimum absolute atomic E-state index is 0.0417. The van der Waals surface area contributed by atoms with E-state index in [4.69, 9.17) is 11.6 Å². The Labute approximate surface area is 105 Å². The van der Waals surface area contributed by atoms with Gasteiger partial charge in [-0.2, -0.15) is 5.10 Å². The fourth-order valence-corrected chi connectivity index (χ4v) is 2.19. The van der Waals surface area contributed by atoms with E-state index in [0.29, 0.717) is 5.02 Å². The zero-order valence-electron chi connectivity index (χ0n) is 10.2. The normalized spacial score (nSPS) is 12.9. The van der Waals surface area contributed by atoms with Crippen LogP contribution in [0.15, 0.2) is 18.6 Å². The van der Waals surface area contributed by atoms with E-state index < -0.39 is 0 Å².